The Kier molecular flexibility index (Phi) is 3.83. The SMILES string of the molecule is N#CNS(=O)(=O)c1cc(C(=O)O)c(Cl)cc1Cl. The number of carbonyl (C=O) groups is 1. The van der Waals surface area contributed by atoms with Crippen molar-refractivity contribution in [1.82, 2.24) is 4.72 Å². The number of benzene rings is 1. The predicted octanol–water partition coefficient (Wildman–Crippen LogP) is 1.45. The van der Waals surface area contributed by atoms with Crippen LogP contribution in [0, 0.1) is 11.5 Å². The summed E-state index contributed by atoms with van der Waals surface area (Å²) in [5.74, 6) is -1.40. The van der Waals surface area contributed by atoms with Crippen molar-refractivity contribution in [3.63, 3.8) is 0 Å². The van der Waals surface area contributed by atoms with Gasteiger partial charge in [0.25, 0.3) is 10.0 Å². The van der Waals surface area contributed by atoms with E-state index < -0.39 is 26.5 Å². The second-order valence-corrected chi connectivity index (χ2v) is 5.25. The number of aromatic carboxylic acids is 1. The number of nitrogens with zero attached hydrogens (tertiary/aromatic N) is 1. The van der Waals surface area contributed by atoms with Crippen LogP contribution in [0.1, 0.15) is 10.4 Å². The van der Waals surface area contributed by atoms with Gasteiger partial charge in [0.1, 0.15) is 4.90 Å². The van der Waals surface area contributed by atoms with E-state index in [0.717, 1.165) is 12.1 Å². The second kappa shape index (κ2) is 4.79. The molecule has 0 amide bonds. The molecule has 0 saturated carbocycles. The van der Waals surface area contributed by atoms with Crippen LogP contribution in [0.25, 0.3) is 0 Å². The summed E-state index contributed by atoms with van der Waals surface area (Å²) in [5.41, 5.74) is -0.422. The highest BCUT2D eigenvalue weighted by molar-refractivity contribution is 7.89. The largest absolute Gasteiger partial charge is 0.478 e. The molecule has 1 aromatic carbocycles. The minimum atomic E-state index is -4.18. The number of halogens is 2. The van der Waals surface area contributed by atoms with E-state index in [4.69, 9.17) is 33.6 Å². The molecule has 0 unspecified atom stereocenters. The number of nitrogens with one attached hydrogen (secondary N) is 1. The van der Waals surface area contributed by atoms with Gasteiger partial charge in [-0.1, -0.05) is 23.2 Å². The molecule has 0 aliphatic carbocycles. The third-order valence-electron chi connectivity index (χ3n) is 1.72. The summed E-state index contributed by atoms with van der Waals surface area (Å²) in [6.45, 7) is 0. The minimum Gasteiger partial charge on any atom is -0.478 e. The van der Waals surface area contributed by atoms with Gasteiger partial charge in [-0.3, -0.25) is 0 Å². The fourth-order valence-corrected chi connectivity index (χ4v) is 2.60. The van der Waals surface area contributed by atoms with E-state index in [0.29, 0.717) is 0 Å². The van der Waals surface area contributed by atoms with Crippen molar-refractivity contribution < 1.29 is 18.3 Å². The van der Waals surface area contributed by atoms with Gasteiger partial charge in [-0.15, -0.1) is 0 Å². The highest BCUT2D eigenvalue weighted by Gasteiger charge is 2.22. The molecule has 0 heterocycles. The van der Waals surface area contributed by atoms with Gasteiger partial charge in [-0.05, 0) is 12.1 Å². The number of nitriles is 1. The van der Waals surface area contributed by atoms with E-state index in [-0.39, 0.29) is 10.0 Å². The molecule has 90 valence electrons. The van der Waals surface area contributed by atoms with Crippen LogP contribution >= 0.6 is 23.2 Å². The lowest BCUT2D eigenvalue weighted by atomic mass is 10.2. The summed E-state index contributed by atoms with van der Waals surface area (Å²) in [5, 5.41) is 16.6. The van der Waals surface area contributed by atoms with E-state index in [1.807, 2.05) is 0 Å². The molecule has 1 aromatic rings. The van der Waals surface area contributed by atoms with Gasteiger partial charge in [-0.25, -0.2) is 17.9 Å². The Morgan fingerprint density at radius 1 is 1.35 bits per heavy atom. The zero-order valence-electron chi connectivity index (χ0n) is 7.94. The van der Waals surface area contributed by atoms with Crippen molar-refractivity contribution in [3.05, 3.63) is 27.7 Å². The Labute approximate surface area is 106 Å². The number of rotatable bonds is 3. The second-order valence-electron chi connectivity index (χ2n) is 2.78. The van der Waals surface area contributed by atoms with Crippen LogP contribution in [0.3, 0.4) is 0 Å². The Bertz CT molecular complexity index is 621. The molecule has 17 heavy (non-hydrogen) atoms. The molecular formula is C8H4Cl2N2O4S. The first kappa shape index (κ1) is 13.6. The third kappa shape index (κ3) is 2.79. The quantitative estimate of drug-likeness (QED) is 0.648. The molecule has 0 fully saturated rings. The molecule has 1 rings (SSSR count). The van der Waals surface area contributed by atoms with Crippen LogP contribution in [0.4, 0.5) is 0 Å². The predicted molar refractivity (Wildman–Crippen MR) is 59.4 cm³/mol. The summed E-state index contributed by atoms with van der Waals surface area (Å²) in [6.07, 6.45) is 1.22. The Balaban J connectivity index is 3.52. The molecule has 0 aliphatic rings. The smallest absolute Gasteiger partial charge is 0.337 e. The maximum Gasteiger partial charge on any atom is 0.337 e. The van der Waals surface area contributed by atoms with E-state index in [2.05, 4.69) is 0 Å². The van der Waals surface area contributed by atoms with E-state index >= 15 is 0 Å². The van der Waals surface area contributed by atoms with Crippen molar-refractivity contribution in [2.45, 2.75) is 4.90 Å². The number of hydrogen-bond donors (Lipinski definition) is 2. The summed E-state index contributed by atoms with van der Waals surface area (Å²) >= 11 is 11.2. The van der Waals surface area contributed by atoms with Crippen molar-refractivity contribution in [3.8, 4) is 6.19 Å². The van der Waals surface area contributed by atoms with Crippen molar-refractivity contribution in [1.29, 1.82) is 5.26 Å². The lowest BCUT2D eigenvalue weighted by Gasteiger charge is -2.06. The van der Waals surface area contributed by atoms with Gasteiger partial charge in [0.15, 0.2) is 6.19 Å². The first-order chi connectivity index (χ1) is 7.79. The van der Waals surface area contributed by atoms with Gasteiger partial charge in [0, 0.05) is 0 Å². The molecule has 0 spiro atoms. The summed E-state index contributed by atoms with van der Waals surface area (Å²) < 4.78 is 24.5. The van der Waals surface area contributed by atoms with Crippen molar-refractivity contribution in [2.24, 2.45) is 0 Å². The Morgan fingerprint density at radius 3 is 2.41 bits per heavy atom. The molecule has 0 radical (unpaired) electrons. The average Bonchev–Trinajstić information content (AvgIpc) is 2.15. The maximum absolute atomic E-state index is 11.5. The van der Waals surface area contributed by atoms with Crippen molar-refractivity contribution in [2.75, 3.05) is 0 Å². The normalized spacial score (nSPS) is 10.6. The first-order valence-electron chi connectivity index (χ1n) is 3.93. The number of hydrogen-bond acceptors (Lipinski definition) is 4. The Morgan fingerprint density at radius 2 is 1.94 bits per heavy atom. The number of carboxylic acid groups (broad SMARTS) is 1. The maximum atomic E-state index is 11.5. The summed E-state index contributed by atoms with van der Waals surface area (Å²) in [6, 6.07) is 1.77. The van der Waals surface area contributed by atoms with E-state index in [9.17, 15) is 13.2 Å². The molecule has 0 aliphatic heterocycles. The zero-order valence-corrected chi connectivity index (χ0v) is 10.3. The highest BCUT2D eigenvalue weighted by atomic mass is 35.5. The lowest BCUT2D eigenvalue weighted by molar-refractivity contribution is 0.0697. The monoisotopic (exact) mass is 294 g/mol. The minimum absolute atomic E-state index is 0.196. The first-order valence-corrected chi connectivity index (χ1v) is 6.16. The average molecular weight is 295 g/mol. The van der Waals surface area contributed by atoms with Crippen molar-refractivity contribution >= 4 is 39.2 Å². The van der Waals surface area contributed by atoms with Gasteiger partial charge in [-0.2, -0.15) is 5.26 Å². The van der Waals surface area contributed by atoms with E-state index in [1.54, 1.807) is 0 Å². The molecule has 2 N–H and O–H groups in total. The zero-order chi connectivity index (χ0) is 13.2. The highest BCUT2D eigenvalue weighted by Crippen LogP contribution is 2.28. The fraction of sp³-hybridized carbons (Fsp3) is 0. The number of sulfonamides is 1. The standard InChI is InChI=1S/C8H4Cl2N2O4S/c9-5-2-6(10)7(1-4(5)8(13)14)17(15,16)12-3-11/h1-2,12H,(H,13,14). The molecule has 0 atom stereocenters. The van der Waals surface area contributed by atoms with Gasteiger partial charge in [0.2, 0.25) is 0 Å². The molecule has 0 aromatic heterocycles. The van der Waals surface area contributed by atoms with Crippen LogP contribution < -0.4 is 4.72 Å². The third-order valence-corrected chi connectivity index (χ3v) is 3.74. The fourth-order valence-electron chi connectivity index (χ4n) is 1.01. The molecule has 0 saturated heterocycles. The molecular weight excluding hydrogens is 291 g/mol. The van der Waals surface area contributed by atoms with Crippen LogP contribution in [-0.2, 0) is 10.0 Å². The molecule has 9 heteroatoms. The summed E-state index contributed by atoms with van der Waals surface area (Å²) in [7, 11) is -4.18. The van der Waals surface area contributed by atoms with Crippen LogP contribution in [-0.4, -0.2) is 19.5 Å². The molecule has 0 bridgehead atoms. The van der Waals surface area contributed by atoms with Gasteiger partial charge >= 0.3 is 5.97 Å². The number of carboxylic acids is 1. The van der Waals surface area contributed by atoms with E-state index in [1.165, 1.54) is 10.9 Å². The lowest BCUT2D eigenvalue weighted by Crippen LogP contribution is -2.19. The van der Waals surface area contributed by atoms with Gasteiger partial charge in [0.05, 0.1) is 15.6 Å². The van der Waals surface area contributed by atoms with Crippen LogP contribution in [0.5, 0.6) is 0 Å². The summed E-state index contributed by atoms with van der Waals surface area (Å²) in [4.78, 5) is 10.2. The topological polar surface area (TPSA) is 107 Å². The Hall–Kier alpha value is -1.49. The van der Waals surface area contributed by atoms with Crippen LogP contribution in [0.2, 0.25) is 10.0 Å². The van der Waals surface area contributed by atoms with Gasteiger partial charge < -0.3 is 5.11 Å². The molecule has 6 nitrogen and oxygen atoms in total. The van der Waals surface area contributed by atoms with Crippen LogP contribution in [0.15, 0.2) is 17.0 Å².